The lowest BCUT2D eigenvalue weighted by Crippen LogP contribution is -2.24. The summed E-state index contributed by atoms with van der Waals surface area (Å²) in [6, 6.07) is 4.90. The van der Waals surface area contributed by atoms with Crippen molar-refractivity contribution in [2.75, 3.05) is 6.54 Å². The molecule has 0 bridgehead atoms. The molecule has 1 aliphatic heterocycles. The standard InChI is InChI=1S/C13H13BrFNO/c1-2-9-5-13(17)16(7-9)8-10-3-4-11(14)6-12(10)15/h2-4,6,9H,1,5,7-8H2. The second-order valence-electron chi connectivity index (χ2n) is 4.21. The van der Waals surface area contributed by atoms with Crippen LogP contribution in [-0.2, 0) is 11.3 Å². The Morgan fingerprint density at radius 1 is 1.59 bits per heavy atom. The minimum absolute atomic E-state index is 0.0669. The molecule has 1 saturated heterocycles. The molecule has 17 heavy (non-hydrogen) atoms. The Kier molecular flexibility index (Phi) is 3.62. The van der Waals surface area contributed by atoms with Crippen molar-refractivity contribution in [1.82, 2.24) is 4.90 Å². The van der Waals surface area contributed by atoms with E-state index in [9.17, 15) is 9.18 Å². The quantitative estimate of drug-likeness (QED) is 0.785. The lowest BCUT2D eigenvalue weighted by molar-refractivity contribution is -0.128. The molecule has 1 fully saturated rings. The average Bonchev–Trinajstić information content (AvgIpc) is 2.64. The smallest absolute Gasteiger partial charge is 0.223 e. The maximum atomic E-state index is 13.6. The number of carbonyl (C=O) groups excluding carboxylic acids is 1. The van der Waals surface area contributed by atoms with E-state index in [-0.39, 0.29) is 17.6 Å². The number of rotatable bonds is 3. The van der Waals surface area contributed by atoms with Crippen LogP contribution in [0.3, 0.4) is 0 Å². The van der Waals surface area contributed by atoms with E-state index >= 15 is 0 Å². The van der Waals surface area contributed by atoms with Gasteiger partial charge in [0.25, 0.3) is 0 Å². The van der Waals surface area contributed by atoms with Gasteiger partial charge in [-0.1, -0.05) is 28.1 Å². The van der Waals surface area contributed by atoms with Crippen molar-refractivity contribution >= 4 is 21.8 Å². The van der Waals surface area contributed by atoms with Crippen molar-refractivity contribution < 1.29 is 9.18 Å². The molecule has 1 heterocycles. The van der Waals surface area contributed by atoms with Crippen LogP contribution in [0, 0.1) is 11.7 Å². The van der Waals surface area contributed by atoms with Crippen molar-refractivity contribution in [3.8, 4) is 0 Å². The Labute approximate surface area is 108 Å². The van der Waals surface area contributed by atoms with Gasteiger partial charge < -0.3 is 4.90 Å². The van der Waals surface area contributed by atoms with E-state index in [0.29, 0.717) is 29.5 Å². The number of amides is 1. The Morgan fingerprint density at radius 3 is 2.94 bits per heavy atom. The van der Waals surface area contributed by atoms with Gasteiger partial charge in [0.05, 0.1) is 0 Å². The number of likely N-dealkylation sites (tertiary alicyclic amines) is 1. The van der Waals surface area contributed by atoms with Crippen LogP contribution in [0.25, 0.3) is 0 Å². The van der Waals surface area contributed by atoms with Crippen molar-refractivity contribution in [3.63, 3.8) is 0 Å². The minimum atomic E-state index is -0.283. The van der Waals surface area contributed by atoms with Crippen molar-refractivity contribution in [2.24, 2.45) is 5.92 Å². The molecule has 1 atom stereocenters. The molecule has 0 aliphatic carbocycles. The Balaban J connectivity index is 2.11. The van der Waals surface area contributed by atoms with Crippen LogP contribution in [0.15, 0.2) is 35.3 Å². The van der Waals surface area contributed by atoms with Crippen molar-refractivity contribution in [3.05, 3.63) is 46.7 Å². The summed E-state index contributed by atoms with van der Waals surface area (Å²) >= 11 is 3.21. The number of hydrogen-bond donors (Lipinski definition) is 0. The molecule has 1 aromatic rings. The van der Waals surface area contributed by atoms with Crippen LogP contribution in [0.2, 0.25) is 0 Å². The van der Waals surface area contributed by atoms with Gasteiger partial charge in [-0.3, -0.25) is 4.79 Å². The van der Waals surface area contributed by atoms with Gasteiger partial charge in [0.1, 0.15) is 5.82 Å². The zero-order valence-electron chi connectivity index (χ0n) is 9.33. The zero-order valence-corrected chi connectivity index (χ0v) is 10.9. The monoisotopic (exact) mass is 297 g/mol. The van der Waals surface area contributed by atoms with Gasteiger partial charge in [-0.15, -0.1) is 6.58 Å². The van der Waals surface area contributed by atoms with Gasteiger partial charge >= 0.3 is 0 Å². The van der Waals surface area contributed by atoms with Gasteiger partial charge in [0.15, 0.2) is 0 Å². The first-order valence-corrected chi connectivity index (χ1v) is 6.23. The maximum absolute atomic E-state index is 13.6. The molecule has 2 nitrogen and oxygen atoms in total. The summed E-state index contributed by atoms with van der Waals surface area (Å²) in [7, 11) is 0. The highest BCUT2D eigenvalue weighted by Crippen LogP contribution is 2.23. The zero-order chi connectivity index (χ0) is 12.4. The molecular formula is C13H13BrFNO. The van der Waals surface area contributed by atoms with E-state index < -0.39 is 0 Å². The number of carbonyl (C=O) groups is 1. The van der Waals surface area contributed by atoms with E-state index in [0.717, 1.165) is 0 Å². The number of hydrogen-bond acceptors (Lipinski definition) is 1. The van der Waals surface area contributed by atoms with Crippen LogP contribution >= 0.6 is 15.9 Å². The topological polar surface area (TPSA) is 20.3 Å². The fourth-order valence-corrected chi connectivity index (χ4v) is 2.30. The molecule has 1 unspecified atom stereocenters. The molecule has 90 valence electrons. The van der Waals surface area contributed by atoms with E-state index in [2.05, 4.69) is 22.5 Å². The van der Waals surface area contributed by atoms with Crippen LogP contribution in [0.1, 0.15) is 12.0 Å². The highest BCUT2D eigenvalue weighted by Gasteiger charge is 2.27. The highest BCUT2D eigenvalue weighted by atomic mass is 79.9. The summed E-state index contributed by atoms with van der Waals surface area (Å²) in [5.41, 5.74) is 0.547. The van der Waals surface area contributed by atoms with E-state index in [1.807, 2.05) is 0 Å². The lowest BCUT2D eigenvalue weighted by atomic mass is 10.1. The molecule has 2 rings (SSSR count). The molecule has 4 heteroatoms. The Bertz CT molecular complexity index is 461. The first-order chi connectivity index (χ1) is 8.10. The SMILES string of the molecule is C=CC1CC(=O)N(Cc2ccc(Br)cc2F)C1. The third-order valence-corrected chi connectivity index (χ3v) is 3.45. The summed E-state index contributed by atoms with van der Waals surface area (Å²) in [4.78, 5) is 13.4. The normalized spacial score (nSPS) is 19.8. The van der Waals surface area contributed by atoms with Gasteiger partial charge in [0, 0.05) is 35.5 Å². The van der Waals surface area contributed by atoms with Crippen LogP contribution in [-0.4, -0.2) is 17.4 Å². The summed E-state index contributed by atoms with van der Waals surface area (Å²) in [5, 5.41) is 0. The summed E-state index contributed by atoms with van der Waals surface area (Å²) < 4.78 is 14.3. The molecule has 0 radical (unpaired) electrons. The fourth-order valence-electron chi connectivity index (χ4n) is 1.97. The van der Waals surface area contributed by atoms with E-state index in [4.69, 9.17) is 0 Å². The van der Waals surface area contributed by atoms with E-state index in [1.165, 1.54) is 6.07 Å². The van der Waals surface area contributed by atoms with Gasteiger partial charge in [-0.25, -0.2) is 4.39 Å². The second kappa shape index (κ2) is 5.00. The van der Waals surface area contributed by atoms with Crippen LogP contribution in [0.5, 0.6) is 0 Å². The lowest BCUT2D eigenvalue weighted by Gasteiger charge is -2.16. The molecule has 1 amide bonds. The largest absolute Gasteiger partial charge is 0.338 e. The van der Waals surface area contributed by atoms with Crippen LogP contribution < -0.4 is 0 Å². The second-order valence-corrected chi connectivity index (χ2v) is 5.13. The van der Waals surface area contributed by atoms with Gasteiger partial charge in [-0.2, -0.15) is 0 Å². The number of nitrogens with zero attached hydrogens (tertiary/aromatic N) is 1. The minimum Gasteiger partial charge on any atom is -0.338 e. The molecule has 1 aliphatic rings. The third-order valence-electron chi connectivity index (χ3n) is 2.95. The first-order valence-electron chi connectivity index (χ1n) is 5.44. The third kappa shape index (κ3) is 2.75. The van der Waals surface area contributed by atoms with E-state index in [1.54, 1.807) is 23.1 Å². The molecule has 0 spiro atoms. The Hall–Kier alpha value is -1.16. The summed E-state index contributed by atoms with van der Waals surface area (Å²) in [6.45, 7) is 4.66. The molecule has 0 N–H and O–H groups in total. The van der Waals surface area contributed by atoms with Crippen molar-refractivity contribution in [2.45, 2.75) is 13.0 Å². The van der Waals surface area contributed by atoms with Crippen LogP contribution in [0.4, 0.5) is 4.39 Å². The molecule has 1 aromatic carbocycles. The number of halogens is 2. The van der Waals surface area contributed by atoms with Gasteiger partial charge in [0.2, 0.25) is 5.91 Å². The fraction of sp³-hybridized carbons (Fsp3) is 0.308. The number of benzene rings is 1. The predicted octanol–water partition coefficient (Wildman–Crippen LogP) is 3.12. The maximum Gasteiger partial charge on any atom is 0.223 e. The predicted molar refractivity (Wildman–Crippen MR) is 67.8 cm³/mol. The van der Waals surface area contributed by atoms with Crippen molar-refractivity contribution in [1.29, 1.82) is 0 Å². The molecular weight excluding hydrogens is 285 g/mol. The average molecular weight is 298 g/mol. The summed E-state index contributed by atoms with van der Waals surface area (Å²) in [6.07, 6.45) is 2.28. The van der Waals surface area contributed by atoms with Gasteiger partial charge in [-0.05, 0) is 12.1 Å². The Morgan fingerprint density at radius 2 is 2.35 bits per heavy atom. The molecule has 0 aromatic heterocycles. The summed E-state index contributed by atoms with van der Waals surface area (Å²) in [5.74, 6) is -0.0209. The molecule has 0 saturated carbocycles. The highest BCUT2D eigenvalue weighted by molar-refractivity contribution is 9.10. The first kappa shape index (κ1) is 12.3.